The van der Waals surface area contributed by atoms with Gasteiger partial charge in [-0.3, -0.25) is 4.90 Å². The second-order valence-corrected chi connectivity index (χ2v) is 7.94. The highest BCUT2D eigenvalue weighted by Gasteiger charge is 2.24. The Hall–Kier alpha value is -2.84. The molecular weight excluding hydrogens is 414 g/mol. The Bertz CT molecular complexity index is 1100. The summed E-state index contributed by atoms with van der Waals surface area (Å²) in [4.78, 5) is 2.59. The van der Waals surface area contributed by atoms with Crippen molar-refractivity contribution in [1.82, 2.24) is 14.7 Å². The average Bonchev–Trinajstić information content (AvgIpc) is 3.17. The van der Waals surface area contributed by atoms with Crippen LogP contribution in [0.4, 0.5) is 0 Å². The summed E-state index contributed by atoms with van der Waals surface area (Å²) in [7, 11) is 6.82. The first-order valence-electron chi connectivity index (χ1n) is 10.2. The standard InChI is InChI=1S/C23H27N3O4S/c1-25(18-11-7-9-15-8-5-6-10-17(15)18)14-26-23(31)30-22(24-26)16-12-19(27-2)21(29-4)20(13-16)28-3/h5-6,8,10,12-13,18H,7,9,11,14H2,1-4H3/t18-/m0/s1. The van der Waals surface area contributed by atoms with Crippen LogP contribution < -0.4 is 14.2 Å². The molecule has 0 saturated carbocycles. The Morgan fingerprint density at radius 2 is 1.84 bits per heavy atom. The van der Waals surface area contributed by atoms with Crippen molar-refractivity contribution in [3.63, 3.8) is 0 Å². The summed E-state index contributed by atoms with van der Waals surface area (Å²) in [5.74, 6) is 1.98. The van der Waals surface area contributed by atoms with E-state index in [1.165, 1.54) is 17.5 Å². The zero-order chi connectivity index (χ0) is 22.0. The fraction of sp³-hybridized carbons (Fsp3) is 0.391. The molecule has 1 atom stereocenters. The molecule has 1 aliphatic rings. The lowest BCUT2D eigenvalue weighted by molar-refractivity contribution is 0.164. The molecule has 1 aromatic heterocycles. The fourth-order valence-corrected chi connectivity index (χ4v) is 4.39. The van der Waals surface area contributed by atoms with Crippen LogP contribution in [0.25, 0.3) is 11.5 Å². The van der Waals surface area contributed by atoms with Crippen molar-refractivity contribution in [1.29, 1.82) is 0 Å². The molecule has 0 amide bonds. The van der Waals surface area contributed by atoms with Crippen molar-refractivity contribution in [3.8, 4) is 28.7 Å². The molecule has 4 rings (SSSR count). The molecule has 0 bridgehead atoms. The normalized spacial score (nSPS) is 15.6. The van der Waals surface area contributed by atoms with E-state index in [1.54, 1.807) is 38.1 Å². The van der Waals surface area contributed by atoms with Gasteiger partial charge in [-0.15, -0.1) is 5.10 Å². The van der Waals surface area contributed by atoms with Crippen molar-refractivity contribution in [2.75, 3.05) is 28.4 Å². The summed E-state index contributed by atoms with van der Waals surface area (Å²) in [6, 6.07) is 12.6. The van der Waals surface area contributed by atoms with Gasteiger partial charge in [-0.25, -0.2) is 4.68 Å². The molecule has 8 heteroatoms. The number of methoxy groups -OCH3 is 3. The minimum atomic E-state index is 0.319. The van der Waals surface area contributed by atoms with Gasteiger partial charge in [0, 0.05) is 11.6 Å². The Morgan fingerprint density at radius 1 is 1.13 bits per heavy atom. The van der Waals surface area contributed by atoms with Gasteiger partial charge in [0.15, 0.2) is 11.5 Å². The van der Waals surface area contributed by atoms with Gasteiger partial charge >= 0.3 is 0 Å². The predicted molar refractivity (Wildman–Crippen MR) is 120 cm³/mol. The molecule has 0 unspecified atom stereocenters. The monoisotopic (exact) mass is 441 g/mol. The molecule has 31 heavy (non-hydrogen) atoms. The Morgan fingerprint density at radius 3 is 2.52 bits per heavy atom. The first-order chi connectivity index (χ1) is 15.0. The van der Waals surface area contributed by atoms with Crippen molar-refractivity contribution in [3.05, 3.63) is 52.4 Å². The maximum absolute atomic E-state index is 5.82. The van der Waals surface area contributed by atoms with E-state index in [4.69, 9.17) is 30.8 Å². The summed E-state index contributed by atoms with van der Waals surface area (Å²) in [5.41, 5.74) is 3.51. The van der Waals surface area contributed by atoms with Crippen LogP contribution in [0.3, 0.4) is 0 Å². The molecular formula is C23H27N3O4S. The number of ether oxygens (including phenoxy) is 3. The molecule has 1 heterocycles. The average molecular weight is 442 g/mol. The van der Waals surface area contributed by atoms with Crippen LogP contribution in [-0.4, -0.2) is 43.1 Å². The lowest BCUT2D eigenvalue weighted by Gasteiger charge is -2.32. The summed E-state index contributed by atoms with van der Waals surface area (Å²) in [5, 5.41) is 4.63. The summed E-state index contributed by atoms with van der Waals surface area (Å²) < 4.78 is 23.8. The van der Waals surface area contributed by atoms with Crippen LogP contribution in [0.5, 0.6) is 17.2 Å². The molecule has 0 spiro atoms. The van der Waals surface area contributed by atoms with Crippen LogP contribution in [0, 0.1) is 4.84 Å². The second kappa shape index (κ2) is 9.11. The van der Waals surface area contributed by atoms with Crippen LogP contribution in [0.1, 0.15) is 30.0 Å². The molecule has 0 saturated heterocycles. The SMILES string of the molecule is COc1cc(-c2nn(CN(C)[C@H]3CCCc4ccccc43)c(=S)o2)cc(OC)c1OC. The lowest BCUT2D eigenvalue weighted by Crippen LogP contribution is -2.30. The third-order valence-corrected chi connectivity index (χ3v) is 6.04. The van der Waals surface area contributed by atoms with E-state index in [1.807, 2.05) is 0 Å². The van der Waals surface area contributed by atoms with Crippen molar-refractivity contribution < 1.29 is 18.6 Å². The smallest absolute Gasteiger partial charge is 0.288 e. The third kappa shape index (κ3) is 4.18. The number of nitrogens with zero attached hydrogens (tertiary/aromatic N) is 3. The van der Waals surface area contributed by atoms with Crippen molar-refractivity contribution >= 4 is 12.2 Å². The van der Waals surface area contributed by atoms with Gasteiger partial charge in [0.05, 0.1) is 28.0 Å². The highest BCUT2D eigenvalue weighted by molar-refractivity contribution is 7.71. The molecule has 0 N–H and O–H groups in total. The van der Waals surface area contributed by atoms with Crippen LogP contribution in [-0.2, 0) is 13.1 Å². The van der Waals surface area contributed by atoms with Crippen LogP contribution in [0.2, 0.25) is 0 Å². The number of hydrogen-bond donors (Lipinski definition) is 0. The maximum Gasteiger partial charge on any atom is 0.288 e. The van der Waals surface area contributed by atoms with E-state index >= 15 is 0 Å². The van der Waals surface area contributed by atoms with Gasteiger partial charge in [-0.1, -0.05) is 24.3 Å². The van der Waals surface area contributed by atoms with E-state index in [0.717, 1.165) is 12.8 Å². The van der Waals surface area contributed by atoms with Crippen molar-refractivity contribution in [2.45, 2.75) is 32.0 Å². The molecule has 164 valence electrons. The lowest BCUT2D eigenvalue weighted by atomic mass is 9.87. The summed E-state index contributed by atoms with van der Waals surface area (Å²) >= 11 is 5.46. The molecule has 0 aliphatic heterocycles. The van der Waals surface area contributed by atoms with Gasteiger partial charge in [-0.2, -0.15) is 0 Å². The molecule has 1 aliphatic carbocycles. The molecule has 7 nitrogen and oxygen atoms in total. The van der Waals surface area contributed by atoms with Crippen LogP contribution in [0.15, 0.2) is 40.8 Å². The van der Waals surface area contributed by atoms with Crippen LogP contribution >= 0.6 is 12.2 Å². The van der Waals surface area contributed by atoms with Gasteiger partial charge in [0.1, 0.15) is 0 Å². The Labute approximate surface area is 187 Å². The highest BCUT2D eigenvalue weighted by atomic mass is 32.1. The Kier molecular flexibility index (Phi) is 6.29. The molecule has 3 aromatic rings. The third-order valence-electron chi connectivity index (χ3n) is 5.74. The summed E-state index contributed by atoms with van der Waals surface area (Å²) in [6.45, 7) is 0.533. The number of aromatic nitrogens is 2. The quantitative estimate of drug-likeness (QED) is 0.485. The topological polar surface area (TPSA) is 61.9 Å². The first kappa shape index (κ1) is 21.4. The van der Waals surface area contributed by atoms with Gasteiger partial charge in [-0.05, 0) is 61.8 Å². The zero-order valence-electron chi connectivity index (χ0n) is 18.3. The molecule has 2 aromatic carbocycles. The minimum Gasteiger partial charge on any atom is -0.493 e. The number of fused-ring (bicyclic) bond motifs is 1. The predicted octanol–water partition coefficient (Wildman–Crippen LogP) is 4.87. The van der Waals surface area contributed by atoms with Gasteiger partial charge in [0.25, 0.3) is 4.84 Å². The van der Waals surface area contributed by atoms with E-state index < -0.39 is 0 Å². The number of hydrogen-bond acceptors (Lipinski definition) is 7. The van der Waals surface area contributed by atoms with Crippen molar-refractivity contribution in [2.24, 2.45) is 0 Å². The summed E-state index contributed by atoms with van der Waals surface area (Å²) in [6.07, 6.45) is 3.42. The zero-order valence-corrected chi connectivity index (χ0v) is 19.1. The first-order valence-corrected chi connectivity index (χ1v) is 10.6. The molecule has 0 radical (unpaired) electrons. The van der Waals surface area contributed by atoms with E-state index in [9.17, 15) is 0 Å². The maximum atomic E-state index is 5.82. The van der Waals surface area contributed by atoms with E-state index in [0.29, 0.717) is 46.3 Å². The minimum absolute atomic E-state index is 0.319. The number of rotatable bonds is 7. The largest absolute Gasteiger partial charge is 0.493 e. The number of aryl methyl sites for hydroxylation is 1. The Balaban J connectivity index is 1.61. The molecule has 0 fully saturated rings. The van der Waals surface area contributed by atoms with Gasteiger partial charge < -0.3 is 18.6 Å². The fourth-order valence-electron chi connectivity index (χ4n) is 4.21. The van der Waals surface area contributed by atoms with E-state index in [-0.39, 0.29) is 0 Å². The number of benzene rings is 2. The highest BCUT2D eigenvalue weighted by Crippen LogP contribution is 2.41. The second-order valence-electron chi connectivity index (χ2n) is 7.59. The van der Waals surface area contributed by atoms with E-state index in [2.05, 4.69) is 41.3 Å². The van der Waals surface area contributed by atoms with Gasteiger partial charge in [0.2, 0.25) is 11.6 Å².